The molecule has 1 aromatic heterocycles. The molecule has 0 saturated heterocycles. The second-order valence-electron chi connectivity index (χ2n) is 6.94. The van der Waals surface area contributed by atoms with Gasteiger partial charge in [0, 0.05) is 18.3 Å². The lowest BCUT2D eigenvalue weighted by Crippen LogP contribution is -2.20. The number of furan rings is 1. The van der Waals surface area contributed by atoms with Gasteiger partial charge in [-0.05, 0) is 60.0 Å². The molecule has 3 aromatic rings. The Kier molecular flexibility index (Phi) is 8.09. The normalized spacial score (nSPS) is 10.7. The molecule has 0 radical (unpaired) electrons. The van der Waals surface area contributed by atoms with E-state index in [1.807, 2.05) is 37.3 Å². The first kappa shape index (κ1) is 22.7. The summed E-state index contributed by atoms with van der Waals surface area (Å²) in [6.45, 7) is 2.97. The van der Waals surface area contributed by atoms with Crippen molar-refractivity contribution in [3.8, 4) is 11.5 Å². The Bertz CT molecular complexity index is 1070. The van der Waals surface area contributed by atoms with E-state index in [-0.39, 0.29) is 17.6 Å². The van der Waals surface area contributed by atoms with Crippen LogP contribution in [-0.4, -0.2) is 25.5 Å². The number of amides is 2. The molecule has 0 atom stereocenters. The van der Waals surface area contributed by atoms with Crippen molar-refractivity contribution in [2.24, 2.45) is 0 Å². The standard InChI is InChI=1S/C25H26N2O5/c1-3-13-31-21-11-9-18(16-23(21)30-2)10-12-24(28)26-17-19-6-4-7-20(15-19)27-25(29)22-8-5-14-32-22/h4-12,14-16H,3,13,17H2,1-2H3,(H,26,28)(H,27,29)/b12-10+. The molecule has 0 saturated carbocycles. The first-order chi connectivity index (χ1) is 15.6. The second kappa shape index (κ2) is 11.4. The van der Waals surface area contributed by atoms with Gasteiger partial charge in [0.1, 0.15) is 0 Å². The van der Waals surface area contributed by atoms with Gasteiger partial charge in [-0.1, -0.05) is 25.1 Å². The summed E-state index contributed by atoms with van der Waals surface area (Å²) in [6, 6.07) is 16.0. The number of hydrogen-bond acceptors (Lipinski definition) is 5. The van der Waals surface area contributed by atoms with Gasteiger partial charge in [-0.25, -0.2) is 0 Å². The fraction of sp³-hybridized carbons (Fsp3) is 0.200. The van der Waals surface area contributed by atoms with E-state index in [4.69, 9.17) is 13.9 Å². The highest BCUT2D eigenvalue weighted by molar-refractivity contribution is 6.02. The quantitative estimate of drug-likeness (QED) is 0.453. The molecule has 0 spiro atoms. The summed E-state index contributed by atoms with van der Waals surface area (Å²) < 4.78 is 16.1. The predicted octanol–water partition coefficient (Wildman–Crippen LogP) is 4.66. The third kappa shape index (κ3) is 6.50. The van der Waals surface area contributed by atoms with Crippen LogP contribution in [0.5, 0.6) is 11.5 Å². The van der Waals surface area contributed by atoms with Gasteiger partial charge < -0.3 is 24.5 Å². The minimum Gasteiger partial charge on any atom is -0.493 e. The third-order valence-electron chi connectivity index (χ3n) is 4.47. The van der Waals surface area contributed by atoms with Crippen molar-refractivity contribution in [3.05, 3.63) is 83.8 Å². The summed E-state index contributed by atoms with van der Waals surface area (Å²) in [6.07, 6.45) is 5.52. The topological polar surface area (TPSA) is 89.8 Å². The van der Waals surface area contributed by atoms with E-state index < -0.39 is 0 Å². The predicted molar refractivity (Wildman–Crippen MR) is 123 cm³/mol. The second-order valence-corrected chi connectivity index (χ2v) is 6.94. The summed E-state index contributed by atoms with van der Waals surface area (Å²) in [5, 5.41) is 5.60. The van der Waals surface area contributed by atoms with E-state index >= 15 is 0 Å². The largest absolute Gasteiger partial charge is 0.493 e. The zero-order valence-corrected chi connectivity index (χ0v) is 18.1. The van der Waals surface area contributed by atoms with Crippen LogP contribution in [0.25, 0.3) is 6.08 Å². The molecular formula is C25H26N2O5. The molecule has 2 amide bonds. The Morgan fingerprint density at radius 3 is 2.69 bits per heavy atom. The zero-order chi connectivity index (χ0) is 22.8. The Morgan fingerprint density at radius 2 is 1.94 bits per heavy atom. The highest BCUT2D eigenvalue weighted by Gasteiger charge is 2.09. The van der Waals surface area contributed by atoms with Crippen molar-refractivity contribution >= 4 is 23.6 Å². The molecule has 2 N–H and O–H groups in total. The lowest BCUT2D eigenvalue weighted by molar-refractivity contribution is -0.116. The fourth-order valence-electron chi connectivity index (χ4n) is 2.90. The molecule has 0 bridgehead atoms. The minimum absolute atomic E-state index is 0.232. The maximum atomic E-state index is 12.2. The number of ether oxygens (including phenoxy) is 2. The van der Waals surface area contributed by atoms with Gasteiger partial charge in [0.2, 0.25) is 5.91 Å². The van der Waals surface area contributed by atoms with Crippen molar-refractivity contribution in [2.75, 3.05) is 19.0 Å². The van der Waals surface area contributed by atoms with E-state index in [0.717, 1.165) is 17.5 Å². The average Bonchev–Trinajstić information content (AvgIpc) is 3.36. The molecule has 0 unspecified atom stereocenters. The number of methoxy groups -OCH3 is 1. The number of nitrogens with one attached hydrogen (secondary N) is 2. The molecule has 3 rings (SSSR count). The van der Waals surface area contributed by atoms with Crippen LogP contribution in [-0.2, 0) is 11.3 Å². The summed E-state index contributed by atoms with van der Waals surface area (Å²) in [4.78, 5) is 24.3. The number of carbonyl (C=O) groups is 2. The lowest BCUT2D eigenvalue weighted by atomic mass is 10.1. The number of carbonyl (C=O) groups excluding carboxylic acids is 2. The van der Waals surface area contributed by atoms with E-state index in [1.54, 1.807) is 37.5 Å². The van der Waals surface area contributed by atoms with Crippen LogP contribution in [0.3, 0.4) is 0 Å². The highest BCUT2D eigenvalue weighted by atomic mass is 16.5. The molecular weight excluding hydrogens is 408 g/mol. The van der Waals surface area contributed by atoms with Crippen LogP contribution in [0.2, 0.25) is 0 Å². The molecule has 0 aliphatic rings. The van der Waals surface area contributed by atoms with E-state index in [0.29, 0.717) is 30.3 Å². The number of anilines is 1. The molecule has 7 heteroatoms. The average molecular weight is 434 g/mol. The molecule has 1 heterocycles. The van der Waals surface area contributed by atoms with Crippen molar-refractivity contribution in [1.29, 1.82) is 0 Å². The first-order valence-electron chi connectivity index (χ1n) is 10.3. The van der Waals surface area contributed by atoms with Gasteiger partial charge in [0.25, 0.3) is 5.91 Å². The number of rotatable bonds is 10. The Hall–Kier alpha value is -4.00. The first-order valence-corrected chi connectivity index (χ1v) is 10.3. The third-order valence-corrected chi connectivity index (χ3v) is 4.47. The van der Waals surface area contributed by atoms with Crippen LogP contribution in [0.4, 0.5) is 5.69 Å². The zero-order valence-electron chi connectivity index (χ0n) is 18.1. The van der Waals surface area contributed by atoms with Crippen LogP contribution >= 0.6 is 0 Å². The van der Waals surface area contributed by atoms with Crippen LogP contribution in [0.1, 0.15) is 35.0 Å². The van der Waals surface area contributed by atoms with Gasteiger partial charge in [-0.15, -0.1) is 0 Å². The molecule has 0 aliphatic carbocycles. The SMILES string of the molecule is CCCOc1ccc(/C=C/C(=O)NCc2cccc(NC(=O)c3ccco3)c2)cc1OC. The van der Waals surface area contributed by atoms with Crippen molar-refractivity contribution in [1.82, 2.24) is 5.32 Å². The van der Waals surface area contributed by atoms with E-state index in [9.17, 15) is 9.59 Å². The summed E-state index contributed by atoms with van der Waals surface area (Å²) in [5.74, 6) is 0.959. The summed E-state index contributed by atoms with van der Waals surface area (Å²) in [5.41, 5.74) is 2.29. The van der Waals surface area contributed by atoms with Gasteiger partial charge in [-0.2, -0.15) is 0 Å². The van der Waals surface area contributed by atoms with E-state index in [2.05, 4.69) is 10.6 Å². The number of benzene rings is 2. The molecule has 0 aliphatic heterocycles. The summed E-state index contributed by atoms with van der Waals surface area (Å²) in [7, 11) is 1.58. The maximum Gasteiger partial charge on any atom is 0.291 e. The smallest absolute Gasteiger partial charge is 0.291 e. The van der Waals surface area contributed by atoms with Crippen molar-refractivity contribution in [2.45, 2.75) is 19.9 Å². The summed E-state index contributed by atoms with van der Waals surface area (Å²) >= 11 is 0. The Morgan fingerprint density at radius 1 is 1.06 bits per heavy atom. The lowest BCUT2D eigenvalue weighted by Gasteiger charge is -2.10. The van der Waals surface area contributed by atoms with Gasteiger partial charge in [0.15, 0.2) is 17.3 Å². The van der Waals surface area contributed by atoms with E-state index in [1.165, 1.54) is 12.3 Å². The number of hydrogen-bond donors (Lipinski definition) is 2. The molecule has 32 heavy (non-hydrogen) atoms. The van der Waals surface area contributed by atoms with Crippen LogP contribution < -0.4 is 20.1 Å². The Balaban J connectivity index is 1.54. The monoisotopic (exact) mass is 434 g/mol. The van der Waals surface area contributed by atoms with Gasteiger partial charge in [-0.3, -0.25) is 9.59 Å². The molecule has 0 fully saturated rings. The highest BCUT2D eigenvalue weighted by Crippen LogP contribution is 2.28. The van der Waals surface area contributed by atoms with Gasteiger partial charge >= 0.3 is 0 Å². The minimum atomic E-state index is -0.333. The molecule has 2 aromatic carbocycles. The van der Waals surface area contributed by atoms with Crippen molar-refractivity contribution in [3.63, 3.8) is 0 Å². The van der Waals surface area contributed by atoms with Crippen LogP contribution in [0, 0.1) is 0 Å². The molecule has 166 valence electrons. The fourth-order valence-corrected chi connectivity index (χ4v) is 2.90. The maximum absolute atomic E-state index is 12.2. The van der Waals surface area contributed by atoms with Crippen molar-refractivity contribution < 1.29 is 23.5 Å². The Labute approximate surface area is 187 Å². The van der Waals surface area contributed by atoms with Crippen LogP contribution in [0.15, 0.2) is 71.4 Å². The van der Waals surface area contributed by atoms with Gasteiger partial charge in [0.05, 0.1) is 20.0 Å². The molecule has 7 nitrogen and oxygen atoms in total.